The molecule has 3 heterocycles. The second-order valence-electron chi connectivity index (χ2n) is 6.73. The first kappa shape index (κ1) is 17.5. The van der Waals surface area contributed by atoms with Crippen LogP contribution in [0.15, 0.2) is 42.0 Å². The molecule has 6 nitrogen and oxygen atoms in total. The van der Waals surface area contributed by atoms with Crippen LogP contribution in [0.4, 0.5) is 0 Å². The number of amides is 1. The molecule has 0 bridgehead atoms. The van der Waals surface area contributed by atoms with Crippen LogP contribution >= 0.6 is 11.3 Å². The number of fused-ring (bicyclic) bond motifs is 1. The summed E-state index contributed by atoms with van der Waals surface area (Å²) in [5.74, 6) is -0.116. The normalized spacial score (nSPS) is 12.4. The van der Waals surface area contributed by atoms with Gasteiger partial charge in [0, 0.05) is 22.8 Å². The second-order valence-corrected chi connectivity index (χ2v) is 7.57. The lowest BCUT2D eigenvalue weighted by molar-refractivity contribution is 0.0934. The highest BCUT2D eigenvalue weighted by Crippen LogP contribution is 2.23. The van der Waals surface area contributed by atoms with Gasteiger partial charge in [-0.2, -0.15) is 5.10 Å². The highest BCUT2D eigenvalue weighted by molar-refractivity contribution is 7.15. The standard InChI is InChI=1S/C20H21N5OS/c1-12-7-5-6-8-17(12)25-15(4)16(9-21-25)14(3)23-19(26)18-11-27-20-22-13(2)10-24(18)20/h5-11,14H,1-4H3,(H,23,26). The first-order chi connectivity index (χ1) is 13.0. The number of para-hydroxylation sites is 1. The molecule has 27 heavy (non-hydrogen) atoms. The quantitative estimate of drug-likeness (QED) is 0.583. The SMILES string of the molecule is Cc1cn2c(C(=O)NC(C)c3cnn(-c4ccccc4C)c3C)csc2n1. The summed E-state index contributed by atoms with van der Waals surface area (Å²) in [5, 5.41) is 9.47. The van der Waals surface area contributed by atoms with Gasteiger partial charge in [-0.15, -0.1) is 11.3 Å². The average Bonchev–Trinajstić information content (AvgIpc) is 3.29. The summed E-state index contributed by atoms with van der Waals surface area (Å²) in [4.78, 5) is 18.0. The van der Waals surface area contributed by atoms with Gasteiger partial charge in [0.2, 0.25) is 0 Å². The van der Waals surface area contributed by atoms with Crippen LogP contribution in [0.1, 0.15) is 46.0 Å². The predicted molar refractivity (Wildman–Crippen MR) is 107 cm³/mol. The van der Waals surface area contributed by atoms with Gasteiger partial charge in [-0.05, 0) is 39.3 Å². The van der Waals surface area contributed by atoms with Gasteiger partial charge < -0.3 is 5.32 Å². The summed E-state index contributed by atoms with van der Waals surface area (Å²) in [6.45, 7) is 8.00. The third-order valence-corrected chi connectivity index (χ3v) is 5.61. The molecule has 1 unspecified atom stereocenters. The molecule has 138 valence electrons. The molecule has 0 aliphatic heterocycles. The number of rotatable bonds is 4. The fourth-order valence-electron chi connectivity index (χ4n) is 3.30. The van der Waals surface area contributed by atoms with Gasteiger partial charge in [0.05, 0.1) is 23.6 Å². The Bertz CT molecular complexity index is 1140. The Morgan fingerprint density at radius 1 is 1.22 bits per heavy atom. The molecule has 0 saturated carbocycles. The Morgan fingerprint density at radius 3 is 2.78 bits per heavy atom. The minimum Gasteiger partial charge on any atom is -0.344 e. The molecule has 0 spiro atoms. The van der Waals surface area contributed by atoms with Crippen LogP contribution in [0.25, 0.3) is 10.6 Å². The number of hydrogen-bond donors (Lipinski definition) is 1. The van der Waals surface area contributed by atoms with E-state index < -0.39 is 0 Å². The van der Waals surface area contributed by atoms with Crippen molar-refractivity contribution in [3.05, 3.63) is 70.2 Å². The molecule has 4 aromatic rings. The number of thiazole rings is 1. The van der Waals surface area contributed by atoms with E-state index in [2.05, 4.69) is 28.4 Å². The fraction of sp³-hybridized carbons (Fsp3) is 0.250. The van der Waals surface area contributed by atoms with Crippen molar-refractivity contribution in [1.82, 2.24) is 24.5 Å². The third kappa shape index (κ3) is 3.04. The molecule has 1 aromatic carbocycles. The zero-order valence-electron chi connectivity index (χ0n) is 15.7. The van der Waals surface area contributed by atoms with Crippen LogP contribution in [0.5, 0.6) is 0 Å². The number of imidazole rings is 1. The van der Waals surface area contributed by atoms with Crippen LogP contribution < -0.4 is 5.32 Å². The van der Waals surface area contributed by atoms with E-state index >= 15 is 0 Å². The molecule has 0 aliphatic rings. The van der Waals surface area contributed by atoms with E-state index in [1.165, 1.54) is 11.3 Å². The Hall–Kier alpha value is -2.93. The van der Waals surface area contributed by atoms with Crippen molar-refractivity contribution in [2.45, 2.75) is 33.7 Å². The summed E-state index contributed by atoms with van der Waals surface area (Å²) in [7, 11) is 0. The largest absolute Gasteiger partial charge is 0.344 e. The van der Waals surface area contributed by atoms with Gasteiger partial charge in [-0.3, -0.25) is 9.20 Å². The highest BCUT2D eigenvalue weighted by Gasteiger charge is 2.20. The summed E-state index contributed by atoms with van der Waals surface area (Å²) in [6.07, 6.45) is 3.71. The van der Waals surface area contributed by atoms with Crippen LogP contribution in [-0.2, 0) is 0 Å². The topological polar surface area (TPSA) is 64.2 Å². The van der Waals surface area contributed by atoms with Crippen molar-refractivity contribution in [1.29, 1.82) is 0 Å². The number of hydrogen-bond acceptors (Lipinski definition) is 4. The van der Waals surface area contributed by atoms with Gasteiger partial charge in [0.1, 0.15) is 5.69 Å². The van der Waals surface area contributed by atoms with Crippen molar-refractivity contribution in [2.75, 3.05) is 0 Å². The highest BCUT2D eigenvalue weighted by atomic mass is 32.1. The Morgan fingerprint density at radius 2 is 2.00 bits per heavy atom. The van der Waals surface area contributed by atoms with E-state index in [4.69, 9.17) is 0 Å². The predicted octanol–water partition coefficient (Wildman–Crippen LogP) is 4.00. The van der Waals surface area contributed by atoms with Gasteiger partial charge in [0.25, 0.3) is 5.91 Å². The van der Waals surface area contributed by atoms with E-state index in [0.717, 1.165) is 33.2 Å². The first-order valence-electron chi connectivity index (χ1n) is 8.80. The van der Waals surface area contributed by atoms with Crippen LogP contribution in [0, 0.1) is 20.8 Å². The van der Waals surface area contributed by atoms with Crippen molar-refractivity contribution in [3.63, 3.8) is 0 Å². The van der Waals surface area contributed by atoms with Crippen molar-refractivity contribution in [2.24, 2.45) is 0 Å². The minimum atomic E-state index is -0.158. The molecule has 0 fully saturated rings. The lowest BCUT2D eigenvalue weighted by atomic mass is 10.1. The van der Waals surface area contributed by atoms with Gasteiger partial charge in [-0.1, -0.05) is 18.2 Å². The van der Waals surface area contributed by atoms with Crippen molar-refractivity contribution >= 4 is 22.2 Å². The van der Waals surface area contributed by atoms with Crippen LogP contribution in [-0.4, -0.2) is 25.1 Å². The van der Waals surface area contributed by atoms with E-state index in [1.807, 2.05) is 65.8 Å². The number of carbonyl (C=O) groups is 1. The van der Waals surface area contributed by atoms with Gasteiger partial charge >= 0.3 is 0 Å². The number of aromatic nitrogens is 4. The minimum absolute atomic E-state index is 0.116. The zero-order valence-corrected chi connectivity index (χ0v) is 16.5. The van der Waals surface area contributed by atoms with Crippen molar-refractivity contribution in [3.8, 4) is 5.69 Å². The summed E-state index contributed by atoms with van der Waals surface area (Å²) < 4.78 is 3.76. The molecule has 0 aliphatic carbocycles. The maximum Gasteiger partial charge on any atom is 0.269 e. The summed E-state index contributed by atoms with van der Waals surface area (Å²) in [6, 6.07) is 7.97. The lowest BCUT2D eigenvalue weighted by Gasteiger charge is -2.14. The molecule has 1 N–H and O–H groups in total. The van der Waals surface area contributed by atoms with E-state index in [9.17, 15) is 4.79 Å². The maximum absolute atomic E-state index is 12.8. The Balaban J connectivity index is 1.59. The summed E-state index contributed by atoms with van der Waals surface area (Å²) in [5.41, 5.74) is 5.73. The molecular formula is C20H21N5OS. The van der Waals surface area contributed by atoms with Crippen molar-refractivity contribution < 1.29 is 4.79 Å². The number of aryl methyl sites for hydroxylation is 2. The molecule has 7 heteroatoms. The Kier molecular flexibility index (Phi) is 4.31. The molecule has 0 radical (unpaired) electrons. The maximum atomic E-state index is 12.8. The van der Waals surface area contributed by atoms with E-state index in [0.29, 0.717) is 5.69 Å². The number of carbonyl (C=O) groups excluding carboxylic acids is 1. The molecular weight excluding hydrogens is 358 g/mol. The van der Waals surface area contributed by atoms with Crippen LogP contribution in [0.3, 0.4) is 0 Å². The smallest absolute Gasteiger partial charge is 0.269 e. The number of nitrogens with one attached hydrogen (secondary N) is 1. The monoisotopic (exact) mass is 379 g/mol. The number of benzene rings is 1. The van der Waals surface area contributed by atoms with Crippen LogP contribution in [0.2, 0.25) is 0 Å². The first-order valence-corrected chi connectivity index (χ1v) is 9.68. The lowest BCUT2D eigenvalue weighted by Crippen LogP contribution is -2.27. The Labute approximate surface area is 161 Å². The van der Waals surface area contributed by atoms with Gasteiger partial charge in [-0.25, -0.2) is 9.67 Å². The third-order valence-electron chi connectivity index (χ3n) is 4.77. The zero-order chi connectivity index (χ0) is 19.1. The van der Waals surface area contributed by atoms with E-state index in [1.54, 1.807) is 0 Å². The molecule has 1 amide bonds. The molecule has 3 aromatic heterocycles. The molecule has 0 saturated heterocycles. The van der Waals surface area contributed by atoms with Gasteiger partial charge in [0.15, 0.2) is 4.96 Å². The fourth-order valence-corrected chi connectivity index (χ4v) is 4.20. The molecule has 4 rings (SSSR count). The summed E-state index contributed by atoms with van der Waals surface area (Å²) >= 11 is 1.47. The van der Waals surface area contributed by atoms with E-state index in [-0.39, 0.29) is 11.9 Å². The average molecular weight is 379 g/mol. The number of nitrogens with zero attached hydrogens (tertiary/aromatic N) is 4. The second kappa shape index (κ2) is 6.66. The molecule has 1 atom stereocenters.